The van der Waals surface area contributed by atoms with Crippen molar-refractivity contribution in [3.8, 4) is 11.3 Å². The van der Waals surface area contributed by atoms with Crippen molar-refractivity contribution in [2.24, 2.45) is 0 Å². The monoisotopic (exact) mass is 756 g/mol. The molecule has 2 aliphatic rings. The first-order valence-electron chi connectivity index (χ1n) is 16.9. The van der Waals surface area contributed by atoms with E-state index in [1.54, 1.807) is 49.4 Å². The third-order valence-corrected chi connectivity index (χ3v) is 9.10. The average molecular weight is 757 g/mol. The molecule has 0 saturated carbocycles. The molecule has 1 aromatic heterocycles. The van der Waals surface area contributed by atoms with Gasteiger partial charge in [0.1, 0.15) is 0 Å². The maximum Gasteiger partial charge on any atom is 0.270 e. The molecule has 0 saturated heterocycles. The van der Waals surface area contributed by atoms with Crippen LogP contribution in [-0.4, -0.2) is 101 Å². The molecule has 7 rings (SSSR count). The number of rotatable bonds is 11. The first-order chi connectivity index (χ1) is 25.5. The van der Waals surface area contributed by atoms with Crippen molar-refractivity contribution in [3.63, 3.8) is 0 Å². The van der Waals surface area contributed by atoms with E-state index in [-0.39, 0.29) is 29.6 Å². The van der Waals surface area contributed by atoms with E-state index in [9.17, 15) is 37.7 Å². The zero-order chi connectivity index (χ0) is 39.1. The molecule has 16 nitrogen and oxygen atoms in total. The summed E-state index contributed by atoms with van der Waals surface area (Å²) in [6, 6.07) is 17.3. The van der Waals surface area contributed by atoms with Gasteiger partial charge in [0.05, 0.1) is 22.4 Å². The molecule has 2 atom stereocenters. The third-order valence-electron chi connectivity index (χ3n) is 9.10. The Morgan fingerprint density at radius 2 is 1.24 bits per heavy atom. The highest BCUT2D eigenvalue weighted by molar-refractivity contribution is 7.85. The molecule has 0 bridgehead atoms. The Morgan fingerprint density at radius 1 is 0.778 bits per heavy atom. The summed E-state index contributed by atoms with van der Waals surface area (Å²) >= 11 is 0. The second kappa shape index (κ2) is 14.9. The lowest BCUT2D eigenvalue weighted by molar-refractivity contribution is -0.384. The van der Waals surface area contributed by atoms with E-state index >= 15 is 0 Å². The summed E-state index contributed by atoms with van der Waals surface area (Å²) in [5.74, 6) is -1.23. The number of hydrogen-bond acceptors (Lipinski definition) is 12. The molecule has 5 aromatic rings. The molecular weight excluding hydrogens is 721 g/mol. The quantitative estimate of drug-likeness (QED) is 0.0566. The van der Waals surface area contributed by atoms with Gasteiger partial charge in [-0.1, -0.05) is 29.4 Å². The van der Waals surface area contributed by atoms with E-state index in [0.29, 0.717) is 70.1 Å². The van der Waals surface area contributed by atoms with E-state index < -0.39 is 38.9 Å². The minimum Gasteiger partial charge on any atom is -0.356 e. The molecule has 280 valence electrons. The van der Waals surface area contributed by atoms with E-state index in [1.165, 1.54) is 17.0 Å². The van der Waals surface area contributed by atoms with Crippen LogP contribution in [0, 0.1) is 17.0 Å². The van der Waals surface area contributed by atoms with Crippen LogP contribution in [-0.2, 0) is 10.1 Å². The fraction of sp³-hybridized carbons (Fsp3) is 0.270. The highest BCUT2D eigenvalue weighted by Gasteiger charge is 2.38. The van der Waals surface area contributed by atoms with Crippen LogP contribution in [0.25, 0.3) is 32.9 Å². The number of nitro benzene ring substituents is 1. The number of imide groups is 2. The van der Waals surface area contributed by atoms with Crippen molar-refractivity contribution in [3.05, 3.63) is 105 Å². The average Bonchev–Trinajstić information content (AvgIpc) is 3.56. The molecule has 0 aliphatic carbocycles. The van der Waals surface area contributed by atoms with E-state index in [1.807, 2.05) is 26.0 Å². The van der Waals surface area contributed by atoms with Crippen LogP contribution in [0.15, 0.2) is 71.3 Å². The maximum absolute atomic E-state index is 13.8. The largest absolute Gasteiger partial charge is 0.356 e. The molecule has 17 heteroatoms. The molecule has 2 aliphatic heterocycles. The van der Waals surface area contributed by atoms with Gasteiger partial charge in [0.2, 0.25) is 0 Å². The standard InChI is InChI=1S/C36H32N6O7.CH4O3S/c1-19-12-30(49-39-19)24-13-22-6-4-8-26-31(22)28(15-24)35(45)40(33(26)43)20(2)17-37-10-11-38-18-21(3)41-34(44)27-9-5-7-23-14-25(42(47)48)16-29(32(23)27)36(41)46;1-5(2,3)4/h4-9,12-16,20-21,37-38H,10-11,17-18H2,1-3H3;1H3,(H,2,3,4)/t20-,21-;/m0./s1. The maximum atomic E-state index is 13.8. The van der Waals surface area contributed by atoms with Gasteiger partial charge in [-0.2, -0.15) is 8.42 Å². The van der Waals surface area contributed by atoms with E-state index in [4.69, 9.17) is 9.08 Å². The van der Waals surface area contributed by atoms with Crippen LogP contribution >= 0.6 is 0 Å². The minimum atomic E-state index is -3.67. The number of hydrogen-bond donors (Lipinski definition) is 3. The fourth-order valence-electron chi connectivity index (χ4n) is 6.77. The molecule has 4 aromatic carbocycles. The van der Waals surface area contributed by atoms with Gasteiger partial charge in [0.25, 0.3) is 39.4 Å². The lowest BCUT2D eigenvalue weighted by atomic mass is 9.91. The number of carbonyl (C=O) groups excluding carboxylic acids is 4. The van der Waals surface area contributed by atoms with Crippen LogP contribution in [0.3, 0.4) is 0 Å². The van der Waals surface area contributed by atoms with Gasteiger partial charge < -0.3 is 15.2 Å². The van der Waals surface area contributed by atoms with Gasteiger partial charge in [-0.15, -0.1) is 0 Å². The summed E-state index contributed by atoms with van der Waals surface area (Å²) in [6.45, 7) is 6.93. The van der Waals surface area contributed by atoms with Gasteiger partial charge in [-0.3, -0.25) is 43.6 Å². The summed E-state index contributed by atoms with van der Waals surface area (Å²) in [5.41, 5.74) is 2.55. The molecular formula is C37H36N6O10S. The predicted molar refractivity (Wildman–Crippen MR) is 198 cm³/mol. The number of nitro groups is 1. The van der Waals surface area contributed by atoms with Gasteiger partial charge in [-0.25, -0.2) is 0 Å². The molecule has 0 radical (unpaired) electrons. The third kappa shape index (κ3) is 7.47. The lowest BCUT2D eigenvalue weighted by Crippen LogP contribution is -2.51. The van der Waals surface area contributed by atoms with Crippen molar-refractivity contribution in [2.75, 3.05) is 32.4 Å². The van der Waals surface area contributed by atoms with Crippen molar-refractivity contribution in [2.45, 2.75) is 32.9 Å². The Hall–Kier alpha value is -5.88. The number of nitrogens with zero attached hydrogens (tertiary/aromatic N) is 4. The van der Waals surface area contributed by atoms with Gasteiger partial charge in [0.15, 0.2) is 5.76 Å². The van der Waals surface area contributed by atoms with E-state index in [0.717, 1.165) is 16.0 Å². The Bertz CT molecular complexity index is 2470. The second-order valence-electron chi connectivity index (χ2n) is 13.2. The van der Waals surface area contributed by atoms with Crippen molar-refractivity contribution in [1.82, 2.24) is 25.6 Å². The van der Waals surface area contributed by atoms with Gasteiger partial charge in [0, 0.05) is 89.5 Å². The van der Waals surface area contributed by atoms with Crippen LogP contribution in [0.4, 0.5) is 5.69 Å². The molecule has 3 heterocycles. The number of aryl methyl sites for hydroxylation is 1. The number of non-ortho nitro benzene ring substituents is 1. The first-order valence-corrected chi connectivity index (χ1v) is 18.7. The predicted octanol–water partition coefficient (Wildman–Crippen LogP) is 4.22. The summed E-state index contributed by atoms with van der Waals surface area (Å²) in [5, 5.41) is 24.3. The Balaban J connectivity index is 0.000000934. The van der Waals surface area contributed by atoms with E-state index in [2.05, 4.69) is 15.8 Å². The fourth-order valence-corrected chi connectivity index (χ4v) is 6.77. The van der Waals surface area contributed by atoms with Crippen molar-refractivity contribution >= 4 is 61.0 Å². The molecule has 3 N–H and O–H groups in total. The number of aromatic nitrogens is 1. The molecule has 4 amide bonds. The van der Waals surface area contributed by atoms with Gasteiger partial charge in [-0.05, 0) is 55.8 Å². The first kappa shape index (κ1) is 37.9. The normalized spacial score (nSPS) is 15.1. The summed E-state index contributed by atoms with van der Waals surface area (Å²) in [4.78, 5) is 67.5. The summed E-state index contributed by atoms with van der Waals surface area (Å²) < 4.78 is 31.3. The highest BCUT2D eigenvalue weighted by Crippen LogP contribution is 2.36. The Kier molecular flexibility index (Phi) is 10.4. The molecule has 54 heavy (non-hydrogen) atoms. The minimum absolute atomic E-state index is 0.131. The molecule has 0 fully saturated rings. The summed E-state index contributed by atoms with van der Waals surface area (Å²) in [6.07, 6.45) is 0.715. The Morgan fingerprint density at radius 3 is 1.70 bits per heavy atom. The zero-order valence-electron chi connectivity index (χ0n) is 29.7. The topological polar surface area (TPSA) is 222 Å². The van der Waals surface area contributed by atoms with Crippen molar-refractivity contribution < 1.29 is 41.6 Å². The summed E-state index contributed by atoms with van der Waals surface area (Å²) in [7, 11) is -3.67. The second-order valence-corrected chi connectivity index (χ2v) is 14.7. The van der Waals surface area contributed by atoms with Crippen LogP contribution < -0.4 is 10.6 Å². The smallest absolute Gasteiger partial charge is 0.270 e. The highest BCUT2D eigenvalue weighted by atomic mass is 32.2. The number of benzene rings is 4. The number of nitrogens with one attached hydrogen (secondary N) is 2. The van der Waals surface area contributed by atoms with Gasteiger partial charge >= 0.3 is 0 Å². The Labute approximate surface area is 309 Å². The molecule has 0 unspecified atom stereocenters. The van der Waals surface area contributed by atoms with Crippen LogP contribution in [0.5, 0.6) is 0 Å². The van der Waals surface area contributed by atoms with Crippen LogP contribution in [0.2, 0.25) is 0 Å². The number of carbonyl (C=O) groups is 4. The number of amides is 4. The van der Waals surface area contributed by atoms with Crippen molar-refractivity contribution in [1.29, 1.82) is 0 Å². The van der Waals surface area contributed by atoms with Crippen LogP contribution in [0.1, 0.15) is 61.0 Å². The lowest BCUT2D eigenvalue weighted by Gasteiger charge is -2.32. The molecule has 0 spiro atoms. The SMILES string of the molecule is CS(=O)(=O)O.Cc1cc(-c2cc3c4c(cccc4c2)C(=O)N([C@@H](C)CNCCNC[C@H](C)N2C(=O)c4cccc5cc([N+](=O)[O-])cc(c45)C2=O)C3=O)on1. The zero-order valence-corrected chi connectivity index (χ0v) is 30.5.